The number of hydrogen-bond acceptors (Lipinski definition) is 2. The molecule has 0 amide bonds. The molecule has 0 spiro atoms. The van der Waals surface area contributed by atoms with Gasteiger partial charge in [-0.2, -0.15) is 0 Å². The van der Waals surface area contributed by atoms with E-state index < -0.39 is 0 Å². The largest absolute Gasteiger partial charge is 0.459 e. The van der Waals surface area contributed by atoms with Crippen molar-refractivity contribution < 1.29 is 4.74 Å². The Hall–Kier alpha value is -0.0800. The summed E-state index contributed by atoms with van der Waals surface area (Å²) in [6, 6.07) is 0. The Balaban J connectivity index is 2.13. The number of hydrogen-bond donors (Lipinski definition) is 0. The Kier molecular flexibility index (Phi) is 3.16. The molecule has 2 nitrogen and oxygen atoms in total. The Labute approximate surface area is 63.2 Å². The molecule has 1 saturated heterocycles. The lowest BCUT2D eigenvalue weighted by Crippen LogP contribution is -2.30. The molecule has 0 aromatic carbocycles. The fourth-order valence-corrected chi connectivity index (χ4v) is 1.39. The summed E-state index contributed by atoms with van der Waals surface area (Å²) in [5, 5.41) is 0. The molecule has 1 aliphatic rings. The molecular weight excluding hydrogens is 126 g/mol. The molecule has 0 unspecified atom stereocenters. The Bertz CT molecular complexity index is 87.3. The van der Waals surface area contributed by atoms with Gasteiger partial charge in [0.1, 0.15) is 0 Å². The molecule has 1 aliphatic heterocycles. The number of rotatable bonds is 2. The summed E-state index contributed by atoms with van der Waals surface area (Å²) in [4.78, 5) is 2.13. The summed E-state index contributed by atoms with van der Waals surface area (Å²) in [7, 11) is 5.66. The standard InChI is InChI=1S/C8H16NO/c1-9-5-3-8(4-6-9)7-10-2/h8H,1,3-7H2,2H3/q-1. The van der Waals surface area contributed by atoms with Gasteiger partial charge in [0.2, 0.25) is 0 Å². The highest BCUT2D eigenvalue weighted by Gasteiger charge is 2.12. The quantitative estimate of drug-likeness (QED) is 0.536. The van der Waals surface area contributed by atoms with Gasteiger partial charge in [0, 0.05) is 13.7 Å². The molecule has 1 fully saturated rings. The Morgan fingerprint density at radius 3 is 2.60 bits per heavy atom. The first kappa shape index (κ1) is 8.02. The van der Waals surface area contributed by atoms with E-state index in [1.807, 2.05) is 0 Å². The van der Waals surface area contributed by atoms with Crippen molar-refractivity contribution in [2.24, 2.45) is 5.92 Å². The van der Waals surface area contributed by atoms with Crippen LogP contribution < -0.4 is 0 Å². The van der Waals surface area contributed by atoms with Crippen molar-refractivity contribution in [3.05, 3.63) is 7.05 Å². The van der Waals surface area contributed by atoms with Gasteiger partial charge in [0.15, 0.2) is 0 Å². The van der Waals surface area contributed by atoms with Crippen molar-refractivity contribution >= 4 is 0 Å². The second kappa shape index (κ2) is 3.94. The normalized spacial score (nSPS) is 23.4. The third-order valence-electron chi connectivity index (χ3n) is 2.11. The number of nitrogens with zero attached hydrogens (tertiary/aromatic N) is 1. The van der Waals surface area contributed by atoms with Crippen LogP contribution in [0.5, 0.6) is 0 Å². The molecular formula is C8H16NO-. The maximum atomic E-state index is 5.08. The molecule has 0 N–H and O–H groups in total. The SMILES string of the molecule is [CH2-]N1CCC(COC)CC1. The summed E-state index contributed by atoms with van der Waals surface area (Å²) < 4.78 is 5.08. The van der Waals surface area contributed by atoms with Crippen molar-refractivity contribution in [3.8, 4) is 0 Å². The summed E-state index contributed by atoms with van der Waals surface area (Å²) in [6.45, 7) is 3.19. The van der Waals surface area contributed by atoms with Gasteiger partial charge >= 0.3 is 0 Å². The highest BCUT2D eigenvalue weighted by atomic mass is 16.5. The van der Waals surface area contributed by atoms with Crippen molar-refractivity contribution in [3.63, 3.8) is 0 Å². The van der Waals surface area contributed by atoms with E-state index in [0.29, 0.717) is 0 Å². The van der Waals surface area contributed by atoms with Gasteiger partial charge in [0.25, 0.3) is 0 Å². The van der Waals surface area contributed by atoms with E-state index in [9.17, 15) is 0 Å². The number of ether oxygens (including phenoxy) is 1. The van der Waals surface area contributed by atoms with Gasteiger partial charge in [-0.25, -0.2) is 0 Å². The predicted octanol–water partition coefficient (Wildman–Crippen LogP) is 1.14. The third kappa shape index (κ3) is 2.27. The Morgan fingerprint density at radius 1 is 1.50 bits per heavy atom. The minimum atomic E-state index is 0.781. The van der Waals surface area contributed by atoms with Crippen LogP contribution >= 0.6 is 0 Å². The summed E-state index contributed by atoms with van der Waals surface area (Å²) in [5.41, 5.74) is 0. The molecule has 0 bridgehead atoms. The van der Waals surface area contributed by atoms with Crippen LogP contribution in [0.25, 0.3) is 0 Å². The lowest BCUT2D eigenvalue weighted by molar-refractivity contribution is 0.113. The van der Waals surface area contributed by atoms with Crippen LogP contribution in [0, 0.1) is 13.0 Å². The van der Waals surface area contributed by atoms with Crippen LogP contribution in [0.4, 0.5) is 0 Å². The lowest BCUT2D eigenvalue weighted by atomic mass is 9.98. The van der Waals surface area contributed by atoms with E-state index in [0.717, 1.165) is 25.6 Å². The lowest BCUT2D eigenvalue weighted by Gasteiger charge is -2.34. The van der Waals surface area contributed by atoms with E-state index in [-0.39, 0.29) is 0 Å². The van der Waals surface area contributed by atoms with Crippen LogP contribution in [-0.4, -0.2) is 31.7 Å². The molecule has 10 heavy (non-hydrogen) atoms. The van der Waals surface area contributed by atoms with Crippen LogP contribution in [0.15, 0.2) is 0 Å². The van der Waals surface area contributed by atoms with Crippen molar-refractivity contribution in [2.45, 2.75) is 12.8 Å². The zero-order valence-corrected chi connectivity index (χ0v) is 6.68. The average Bonchev–Trinajstić information content (AvgIpc) is 1.95. The van der Waals surface area contributed by atoms with E-state index in [1.165, 1.54) is 12.8 Å². The summed E-state index contributed by atoms with van der Waals surface area (Å²) >= 11 is 0. The molecule has 0 aliphatic carbocycles. The van der Waals surface area contributed by atoms with E-state index in [2.05, 4.69) is 11.9 Å². The summed E-state index contributed by atoms with van der Waals surface area (Å²) in [5.74, 6) is 0.781. The number of piperidine rings is 1. The molecule has 0 saturated carbocycles. The van der Waals surface area contributed by atoms with Crippen molar-refractivity contribution in [1.82, 2.24) is 4.90 Å². The minimum Gasteiger partial charge on any atom is -0.459 e. The monoisotopic (exact) mass is 142 g/mol. The van der Waals surface area contributed by atoms with Gasteiger partial charge in [-0.3, -0.25) is 7.05 Å². The van der Waals surface area contributed by atoms with Crippen LogP contribution in [0.3, 0.4) is 0 Å². The molecule has 2 heteroatoms. The third-order valence-corrected chi connectivity index (χ3v) is 2.11. The van der Waals surface area contributed by atoms with Gasteiger partial charge < -0.3 is 9.64 Å². The van der Waals surface area contributed by atoms with Gasteiger partial charge in [-0.15, -0.1) is 0 Å². The predicted molar refractivity (Wildman–Crippen MR) is 41.5 cm³/mol. The second-order valence-electron chi connectivity index (χ2n) is 3.02. The molecule has 0 aromatic heterocycles. The maximum Gasteiger partial charge on any atom is 0.0491 e. The van der Waals surface area contributed by atoms with Gasteiger partial charge in [-0.1, -0.05) is 0 Å². The fourth-order valence-electron chi connectivity index (χ4n) is 1.39. The number of likely N-dealkylation sites (tertiary alicyclic amines) is 1. The molecule has 1 heterocycles. The van der Waals surface area contributed by atoms with Crippen molar-refractivity contribution in [1.29, 1.82) is 0 Å². The van der Waals surface area contributed by atoms with E-state index in [1.54, 1.807) is 7.11 Å². The maximum absolute atomic E-state index is 5.08. The molecule has 0 atom stereocenters. The zero-order valence-electron chi connectivity index (χ0n) is 6.68. The Morgan fingerprint density at radius 2 is 2.10 bits per heavy atom. The van der Waals surface area contributed by atoms with Crippen LogP contribution in [0.1, 0.15) is 12.8 Å². The minimum absolute atomic E-state index is 0.781. The molecule has 1 rings (SSSR count). The van der Waals surface area contributed by atoms with Crippen LogP contribution in [0.2, 0.25) is 0 Å². The van der Waals surface area contributed by atoms with Gasteiger partial charge in [-0.05, 0) is 31.8 Å². The highest BCUT2D eigenvalue weighted by molar-refractivity contribution is 4.70. The second-order valence-corrected chi connectivity index (χ2v) is 3.02. The molecule has 0 aromatic rings. The first-order valence-corrected chi connectivity index (χ1v) is 3.87. The first-order valence-electron chi connectivity index (χ1n) is 3.87. The average molecular weight is 142 g/mol. The van der Waals surface area contributed by atoms with E-state index in [4.69, 9.17) is 4.74 Å². The number of methoxy groups -OCH3 is 1. The zero-order chi connectivity index (χ0) is 7.40. The molecule has 0 radical (unpaired) electrons. The van der Waals surface area contributed by atoms with E-state index >= 15 is 0 Å². The fraction of sp³-hybridized carbons (Fsp3) is 0.875. The van der Waals surface area contributed by atoms with Crippen molar-refractivity contribution in [2.75, 3.05) is 26.8 Å². The smallest absolute Gasteiger partial charge is 0.0491 e. The van der Waals surface area contributed by atoms with Crippen LogP contribution in [-0.2, 0) is 4.74 Å². The summed E-state index contributed by atoms with van der Waals surface area (Å²) in [6.07, 6.45) is 2.49. The van der Waals surface area contributed by atoms with Gasteiger partial charge in [0.05, 0.1) is 0 Å². The topological polar surface area (TPSA) is 12.5 Å². The molecule has 60 valence electrons. The highest BCUT2D eigenvalue weighted by Crippen LogP contribution is 2.15. The first-order chi connectivity index (χ1) is 4.83.